The summed E-state index contributed by atoms with van der Waals surface area (Å²) in [4.78, 5) is 22.3. The molecule has 0 radical (unpaired) electrons. The largest absolute Gasteiger partial charge is 0.495 e. The van der Waals surface area contributed by atoms with Gasteiger partial charge in [0, 0.05) is 0 Å². The van der Waals surface area contributed by atoms with Crippen molar-refractivity contribution in [3.05, 3.63) is 23.8 Å². The number of carbonyl (C=O) groups is 2. The molecule has 116 valence electrons. The Hall–Kier alpha value is -1.90. The van der Waals surface area contributed by atoms with Crippen molar-refractivity contribution in [3.63, 3.8) is 0 Å². The van der Waals surface area contributed by atoms with Gasteiger partial charge in [0.25, 0.3) is 0 Å². The molecule has 0 atom stereocenters. The predicted octanol–water partition coefficient (Wildman–Crippen LogP) is 2.63. The Kier molecular flexibility index (Phi) is 5.89. The lowest BCUT2D eigenvalue weighted by atomic mass is 10.2. The zero-order valence-corrected chi connectivity index (χ0v) is 11.7. The number of hydrogen-bond donors (Lipinski definition) is 2. The first-order valence-electron chi connectivity index (χ1n) is 5.58. The highest BCUT2D eigenvalue weighted by Crippen LogP contribution is 2.26. The molecule has 1 aromatic carbocycles. The molecule has 0 saturated carbocycles. The minimum absolute atomic E-state index is 0.0312. The van der Waals surface area contributed by atoms with E-state index in [9.17, 15) is 22.8 Å². The number of alkyl halides is 3. The van der Waals surface area contributed by atoms with E-state index >= 15 is 0 Å². The number of nitrogens with one attached hydrogen (secondary N) is 1. The molecular weight excluding hydrogens is 311 g/mol. The zero-order valence-electron chi connectivity index (χ0n) is 10.9. The second-order valence-corrected chi connectivity index (χ2v) is 4.86. The summed E-state index contributed by atoms with van der Waals surface area (Å²) in [5.74, 6) is -3.17. The van der Waals surface area contributed by atoms with Crippen LogP contribution in [0.2, 0.25) is 0 Å². The molecule has 9 heteroatoms. The topological polar surface area (TPSA) is 75.6 Å². The van der Waals surface area contributed by atoms with Crippen LogP contribution in [0.25, 0.3) is 0 Å². The number of thioether (sulfide) groups is 1. The van der Waals surface area contributed by atoms with Gasteiger partial charge < -0.3 is 15.2 Å². The average molecular weight is 323 g/mol. The lowest BCUT2D eigenvalue weighted by molar-refractivity contribution is -0.113. The van der Waals surface area contributed by atoms with Gasteiger partial charge in [-0.2, -0.15) is 13.2 Å². The SMILES string of the molecule is COc1cc(C(=O)O)ccc1NC(=O)CSCC(F)(F)F. The predicted molar refractivity (Wildman–Crippen MR) is 72.0 cm³/mol. The summed E-state index contributed by atoms with van der Waals surface area (Å²) < 4.78 is 40.8. The number of amides is 1. The van der Waals surface area contributed by atoms with E-state index in [0.717, 1.165) is 0 Å². The fourth-order valence-electron chi connectivity index (χ4n) is 1.37. The summed E-state index contributed by atoms with van der Waals surface area (Å²) in [5, 5.41) is 11.2. The first-order chi connectivity index (χ1) is 9.73. The quantitative estimate of drug-likeness (QED) is 0.842. The van der Waals surface area contributed by atoms with Crippen LogP contribution in [0, 0.1) is 0 Å². The highest BCUT2D eigenvalue weighted by atomic mass is 32.2. The van der Waals surface area contributed by atoms with Crippen LogP contribution in [0.1, 0.15) is 10.4 Å². The first kappa shape index (κ1) is 17.2. The molecule has 21 heavy (non-hydrogen) atoms. The standard InChI is InChI=1S/C12H12F3NO4S/c1-20-9-4-7(11(18)19)2-3-8(9)16-10(17)5-21-6-12(13,14)15/h2-4H,5-6H2,1H3,(H,16,17)(H,18,19). The first-order valence-corrected chi connectivity index (χ1v) is 6.74. The second-order valence-electron chi connectivity index (χ2n) is 3.88. The average Bonchev–Trinajstić information content (AvgIpc) is 2.37. The van der Waals surface area contributed by atoms with Crippen LogP contribution in [-0.2, 0) is 4.79 Å². The Morgan fingerprint density at radius 2 is 2.05 bits per heavy atom. The van der Waals surface area contributed by atoms with E-state index in [4.69, 9.17) is 9.84 Å². The summed E-state index contributed by atoms with van der Waals surface area (Å²) in [6, 6.07) is 3.78. The number of carbonyl (C=O) groups excluding carboxylic acids is 1. The Balaban J connectivity index is 2.65. The number of benzene rings is 1. The van der Waals surface area contributed by atoms with Gasteiger partial charge >= 0.3 is 12.1 Å². The summed E-state index contributed by atoms with van der Waals surface area (Å²) in [6.45, 7) is 0. The smallest absolute Gasteiger partial charge is 0.397 e. The Bertz CT molecular complexity index is 534. The van der Waals surface area contributed by atoms with Crippen LogP contribution in [0.15, 0.2) is 18.2 Å². The molecule has 0 spiro atoms. The molecule has 5 nitrogen and oxygen atoms in total. The van der Waals surface area contributed by atoms with Crippen molar-refractivity contribution in [2.45, 2.75) is 6.18 Å². The third-order valence-corrected chi connectivity index (χ3v) is 3.22. The van der Waals surface area contributed by atoms with Crippen molar-refractivity contribution in [2.75, 3.05) is 23.9 Å². The third-order valence-electron chi connectivity index (χ3n) is 2.22. The summed E-state index contributed by atoms with van der Waals surface area (Å²) in [5.41, 5.74) is 0.163. The molecule has 1 amide bonds. The number of halogens is 3. The van der Waals surface area contributed by atoms with Crippen LogP contribution in [0.4, 0.5) is 18.9 Å². The normalized spacial score (nSPS) is 11.0. The van der Waals surface area contributed by atoms with Gasteiger partial charge in [0.1, 0.15) is 5.75 Å². The highest BCUT2D eigenvalue weighted by molar-refractivity contribution is 8.00. The van der Waals surface area contributed by atoms with Crippen LogP contribution in [0.5, 0.6) is 5.75 Å². The third kappa shape index (κ3) is 5.94. The van der Waals surface area contributed by atoms with Gasteiger partial charge in [-0.25, -0.2) is 4.79 Å². The number of ether oxygens (including phenoxy) is 1. The van der Waals surface area contributed by atoms with Gasteiger partial charge in [-0.15, -0.1) is 11.8 Å². The van der Waals surface area contributed by atoms with Crippen molar-refractivity contribution in [1.82, 2.24) is 0 Å². The molecule has 0 heterocycles. The fraction of sp³-hybridized carbons (Fsp3) is 0.333. The molecule has 0 aromatic heterocycles. The number of rotatable bonds is 6. The van der Waals surface area contributed by atoms with Gasteiger partial charge in [0.05, 0.1) is 29.9 Å². The molecule has 0 fully saturated rings. The van der Waals surface area contributed by atoms with Crippen molar-refractivity contribution in [3.8, 4) is 5.75 Å². The maximum atomic E-state index is 11.9. The number of aromatic carboxylic acids is 1. The number of carboxylic acid groups (broad SMARTS) is 1. The monoisotopic (exact) mass is 323 g/mol. The van der Waals surface area contributed by atoms with Crippen LogP contribution >= 0.6 is 11.8 Å². The number of carboxylic acids is 1. The van der Waals surface area contributed by atoms with E-state index < -0.39 is 23.8 Å². The van der Waals surface area contributed by atoms with Crippen molar-refractivity contribution < 1.29 is 32.6 Å². The molecule has 0 aliphatic heterocycles. The van der Waals surface area contributed by atoms with Crippen LogP contribution < -0.4 is 10.1 Å². The van der Waals surface area contributed by atoms with Crippen LogP contribution in [-0.4, -0.2) is 41.8 Å². The van der Waals surface area contributed by atoms with Crippen LogP contribution in [0.3, 0.4) is 0 Å². The molecule has 0 unspecified atom stereocenters. The Labute approximate surface area is 122 Å². The van der Waals surface area contributed by atoms with Crippen molar-refractivity contribution >= 4 is 29.3 Å². The van der Waals surface area contributed by atoms with E-state index in [2.05, 4.69) is 5.32 Å². The molecule has 0 aliphatic rings. The lowest BCUT2D eigenvalue weighted by Gasteiger charge is -2.11. The van der Waals surface area contributed by atoms with Gasteiger partial charge in [-0.05, 0) is 18.2 Å². The zero-order chi connectivity index (χ0) is 16.0. The van der Waals surface area contributed by atoms with Gasteiger partial charge in [-0.3, -0.25) is 4.79 Å². The van der Waals surface area contributed by atoms with Crippen molar-refractivity contribution in [2.24, 2.45) is 0 Å². The van der Waals surface area contributed by atoms with Gasteiger partial charge in [0.2, 0.25) is 5.91 Å². The molecule has 0 bridgehead atoms. The molecule has 0 aliphatic carbocycles. The number of anilines is 1. The van der Waals surface area contributed by atoms with Gasteiger partial charge in [-0.1, -0.05) is 0 Å². The minimum Gasteiger partial charge on any atom is -0.495 e. The second kappa shape index (κ2) is 7.21. The fourth-order valence-corrected chi connectivity index (χ4v) is 1.96. The maximum Gasteiger partial charge on any atom is 0.397 e. The Morgan fingerprint density at radius 3 is 2.57 bits per heavy atom. The molecule has 1 rings (SSSR count). The molecular formula is C12H12F3NO4S. The van der Waals surface area contributed by atoms with E-state index in [-0.39, 0.29) is 22.8 Å². The summed E-state index contributed by atoms with van der Waals surface area (Å²) in [6.07, 6.45) is -4.33. The van der Waals surface area contributed by atoms with Crippen molar-refractivity contribution in [1.29, 1.82) is 0 Å². The summed E-state index contributed by atoms with van der Waals surface area (Å²) >= 11 is 0.437. The van der Waals surface area contributed by atoms with E-state index in [0.29, 0.717) is 11.8 Å². The highest BCUT2D eigenvalue weighted by Gasteiger charge is 2.27. The molecule has 0 saturated heterocycles. The maximum absolute atomic E-state index is 11.9. The van der Waals surface area contributed by atoms with E-state index in [1.54, 1.807) is 0 Å². The Morgan fingerprint density at radius 1 is 1.38 bits per heavy atom. The van der Waals surface area contributed by atoms with E-state index in [1.165, 1.54) is 25.3 Å². The number of methoxy groups -OCH3 is 1. The lowest BCUT2D eigenvalue weighted by Crippen LogP contribution is -2.18. The number of hydrogen-bond acceptors (Lipinski definition) is 4. The van der Waals surface area contributed by atoms with E-state index in [1.807, 2.05) is 0 Å². The van der Waals surface area contributed by atoms with Gasteiger partial charge in [0.15, 0.2) is 0 Å². The minimum atomic E-state index is -4.33. The molecule has 2 N–H and O–H groups in total. The molecule has 1 aromatic rings. The summed E-state index contributed by atoms with van der Waals surface area (Å²) in [7, 11) is 1.29.